The molecule has 1 heterocycles. The Bertz CT molecular complexity index is 441. The van der Waals surface area contributed by atoms with Crippen molar-refractivity contribution >= 4 is 11.8 Å². The maximum Gasteiger partial charge on any atom is 0.123 e. The van der Waals surface area contributed by atoms with Crippen LogP contribution in [0.2, 0.25) is 0 Å². The van der Waals surface area contributed by atoms with E-state index in [9.17, 15) is 0 Å². The number of methoxy groups -OCH3 is 1. The van der Waals surface area contributed by atoms with Crippen LogP contribution in [-0.4, -0.2) is 24.2 Å². The van der Waals surface area contributed by atoms with Crippen LogP contribution in [0.4, 0.5) is 0 Å². The first-order valence-electron chi connectivity index (χ1n) is 7.62. The lowest BCUT2D eigenvalue weighted by atomic mass is 9.89. The number of hydrogen-bond donors (Lipinski definition) is 1. The first-order valence-corrected chi connectivity index (χ1v) is 8.61. The molecule has 2 rings (SSSR count). The minimum absolute atomic E-state index is 0.274. The standard InChI is InChI=1S/C17H27NOS/c1-5-10-18-16(17(3)9-6-11-20-17)14-12-13(2)7-8-15(14)19-4/h7-8,12,16,18H,5-6,9-11H2,1-4H3. The Morgan fingerprint density at radius 1 is 1.45 bits per heavy atom. The van der Waals surface area contributed by atoms with Gasteiger partial charge in [-0.15, -0.1) is 0 Å². The van der Waals surface area contributed by atoms with E-state index in [1.807, 2.05) is 0 Å². The van der Waals surface area contributed by atoms with Gasteiger partial charge in [-0.2, -0.15) is 11.8 Å². The molecule has 2 nitrogen and oxygen atoms in total. The molecule has 0 radical (unpaired) electrons. The van der Waals surface area contributed by atoms with Crippen molar-refractivity contribution in [2.45, 2.75) is 50.8 Å². The maximum atomic E-state index is 5.62. The summed E-state index contributed by atoms with van der Waals surface area (Å²) in [6.07, 6.45) is 3.75. The molecule has 2 atom stereocenters. The lowest BCUT2D eigenvalue weighted by Crippen LogP contribution is -2.38. The van der Waals surface area contributed by atoms with Crippen molar-refractivity contribution in [3.05, 3.63) is 29.3 Å². The number of rotatable bonds is 6. The van der Waals surface area contributed by atoms with Crippen LogP contribution in [0.3, 0.4) is 0 Å². The van der Waals surface area contributed by atoms with Gasteiger partial charge in [0, 0.05) is 10.3 Å². The smallest absolute Gasteiger partial charge is 0.123 e. The summed E-state index contributed by atoms with van der Waals surface area (Å²) in [6.45, 7) is 7.84. The number of nitrogens with one attached hydrogen (secondary N) is 1. The van der Waals surface area contributed by atoms with Crippen molar-refractivity contribution in [2.75, 3.05) is 19.4 Å². The van der Waals surface area contributed by atoms with E-state index in [0.717, 1.165) is 18.7 Å². The van der Waals surface area contributed by atoms with E-state index >= 15 is 0 Å². The Morgan fingerprint density at radius 3 is 2.85 bits per heavy atom. The summed E-state index contributed by atoms with van der Waals surface area (Å²) in [6, 6.07) is 6.89. The Morgan fingerprint density at radius 2 is 2.25 bits per heavy atom. The first-order chi connectivity index (χ1) is 9.60. The minimum atomic E-state index is 0.274. The van der Waals surface area contributed by atoms with Crippen molar-refractivity contribution in [3.8, 4) is 5.75 Å². The summed E-state index contributed by atoms with van der Waals surface area (Å²) in [5.41, 5.74) is 2.62. The molecule has 3 heteroatoms. The van der Waals surface area contributed by atoms with Crippen LogP contribution in [0.5, 0.6) is 5.75 Å². The Balaban J connectivity index is 2.37. The van der Waals surface area contributed by atoms with E-state index < -0.39 is 0 Å². The first kappa shape index (κ1) is 15.7. The van der Waals surface area contributed by atoms with Crippen LogP contribution in [0.25, 0.3) is 0 Å². The number of hydrogen-bond acceptors (Lipinski definition) is 3. The maximum absolute atomic E-state index is 5.62. The van der Waals surface area contributed by atoms with E-state index in [-0.39, 0.29) is 4.75 Å². The van der Waals surface area contributed by atoms with Crippen molar-refractivity contribution in [3.63, 3.8) is 0 Å². The summed E-state index contributed by atoms with van der Waals surface area (Å²) in [4.78, 5) is 0. The van der Waals surface area contributed by atoms with Gasteiger partial charge in [0.15, 0.2) is 0 Å². The van der Waals surface area contributed by atoms with Gasteiger partial charge in [-0.05, 0) is 51.5 Å². The minimum Gasteiger partial charge on any atom is -0.496 e. The van der Waals surface area contributed by atoms with Gasteiger partial charge in [-0.1, -0.05) is 24.6 Å². The molecule has 1 aromatic rings. The summed E-state index contributed by atoms with van der Waals surface area (Å²) >= 11 is 2.11. The lowest BCUT2D eigenvalue weighted by molar-refractivity contribution is 0.372. The van der Waals surface area contributed by atoms with Crippen molar-refractivity contribution in [1.29, 1.82) is 0 Å². The molecule has 1 N–H and O–H groups in total. The van der Waals surface area contributed by atoms with Gasteiger partial charge in [0.05, 0.1) is 13.2 Å². The SMILES string of the molecule is CCCNC(c1cc(C)ccc1OC)C1(C)CCCS1. The average Bonchev–Trinajstić information content (AvgIpc) is 2.87. The molecule has 1 saturated heterocycles. The van der Waals surface area contributed by atoms with E-state index in [1.54, 1.807) is 7.11 Å². The molecule has 0 amide bonds. The third-order valence-electron chi connectivity index (χ3n) is 4.15. The zero-order valence-electron chi connectivity index (χ0n) is 13.2. The molecule has 0 spiro atoms. The van der Waals surface area contributed by atoms with Gasteiger partial charge >= 0.3 is 0 Å². The predicted octanol–water partition coefficient (Wildman–Crippen LogP) is 4.33. The summed E-state index contributed by atoms with van der Waals surface area (Å²) in [7, 11) is 1.77. The van der Waals surface area contributed by atoms with Crippen LogP contribution in [-0.2, 0) is 0 Å². The molecule has 20 heavy (non-hydrogen) atoms. The predicted molar refractivity (Wildman–Crippen MR) is 88.9 cm³/mol. The normalized spacial score (nSPS) is 23.8. The fraction of sp³-hybridized carbons (Fsp3) is 0.647. The summed E-state index contributed by atoms with van der Waals surface area (Å²) < 4.78 is 5.89. The molecule has 2 unspecified atom stereocenters. The molecule has 1 aliphatic heterocycles. The van der Waals surface area contributed by atoms with Gasteiger partial charge in [-0.3, -0.25) is 0 Å². The monoisotopic (exact) mass is 293 g/mol. The summed E-state index contributed by atoms with van der Waals surface area (Å²) in [5, 5.41) is 3.77. The molecule has 1 aliphatic rings. The highest BCUT2D eigenvalue weighted by Crippen LogP contribution is 2.48. The zero-order chi connectivity index (χ0) is 14.6. The highest BCUT2D eigenvalue weighted by Gasteiger charge is 2.39. The Labute approximate surface area is 127 Å². The number of aryl methyl sites for hydroxylation is 1. The Kier molecular flexibility index (Phi) is 5.39. The number of thioether (sulfide) groups is 1. The molecule has 0 aromatic heterocycles. The molecule has 0 bridgehead atoms. The van der Waals surface area contributed by atoms with Crippen molar-refractivity contribution in [1.82, 2.24) is 5.32 Å². The molecular formula is C17H27NOS. The quantitative estimate of drug-likeness (QED) is 0.843. The second-order valence-corrected chi connectivity index (χ2v) is 7.53. The zero-order valence-corrected chi connectivity index (χ0v) is 14.0. The van der Waals surface area contributed by atoms with Crippen LogP contribution < -0.4 is 10.1 Å². The molecule has 1 fully saturated rings. The average molecular weight is 293 g/mol. The highest BCUT2D eigenvalue weighted by atomic mass is 32.2. The van der Waals surface area contributed by atoms with Crippen LogP contribution in [0.15, 0.2) is 18.2 Å². The number of benzene rings is 1. The van der Waals surface area contributed by atoms with E-state index in [4.69, 9.17) is 4.74 Å². The molecule has 0 saturated carbocycles. The van der Waals surface area contributed by atoms with Crippen molar-refractivity contribution in [2.24, 2.45) is 0 Å². The topological polar surface area (TPSA) is 21.3 Å². The largest absolute Gasteiger partial charge is 0.496 e. The fourth-order valence-electron chi connectivity index (χ4n) is 3.05. The third kappa shape index (κ3) is 3.32. The lowest BCUT2D eigenvalue weighted by Gasteiger charge is -2.35. The number of ether oxygens (including phenoxy) is 1. The van der Waals surface area contributed by atoms with Gasteiger partial charge in [-0.25, -0.2) is 0 Å². The second kappa shape index (κ2) is 6.86. The molecular weight excluding hydrogens is 266 g/mol. The van der Waals surface area contributed by atoms with Gasteiger partial charge in [0.2, 0.25) is 0 Å². The highest BCUT2D eigenvalue weighted by molar-refractivity contribution is 8.00. The van der Waals surface area contributed by atoms with E-state index in [2.05, 4.69) is 56.0 Å². The third-order valence-corrected chi connectivity index (χ3v) is 5.75. The fourth-order valence-corrected chi connectivity index (χ4v) is 4.47. The van der Waals surface area contributed by atoms with Crippen LogP contribution >= 0.6 is 11.8 Å². The van der Waals surface area contributed by atoms with E-state index in [0.29, 0.717) is 6.04 Å². The summed E-state index contributed by atoms with van der Waals surface area (Å²) in [5.74, 6) is 2.28. The van der Waals surface area contributed by atoms with Gasteiger partial charge in [0.25, 0.3) is 0 Å². The van der Waals surface area contributed by atoms with Crippen LogP contribution in [0, 0.1) is 6.92 Å². The molecule has 1 aromatic carbocycles. The Hall–Kier alpha value is -0.670. The van der Waals surface area contributed by atoms with Gasteiger partial charge in [0.1, 0.15) is 5.75 Å². The second-order valence-electron chi connectivity index (χ2n) is 5.90. The van der Waals surface area contributed by atoms with Crippen molar-refractivity contribution < 1.29 is 4.74 Å². The molecule has 0 aliphatic carbocycles. The van der Waals surface area contributed by atoms with Crippen LogP contribution in [0.1, 0.15) is 50.3 Å². The molecule has 112 valence electrons. The van der Waals surface area contributed by atoms with E-state index in [1.165, 1.54) is 29.7 Å². The van der Waals surface area contributed by atoms with Gasteiger partial charge < -0.3 is 10.1 Å².